The first-order valence-electron chi connectivity index (χ1n) is 4.82. The predicted molar refractivity (Wildman–Crippen MR) is 65.2 cm³/mol. The fraction of sp³-hybridized carbons (Fsp3) is 0.167. The van der Waals surface area contributed by atoms with E-state index in [1.165, 1.54) is 6.92 Å². The van der Waals surface area contributed by atoms with Gasteiger partial charge in [-0.15, -0.1) is 11.3 Å². The lowest BCUT2D eigenvalue weighted by atomic mass is 10.2. The molecule has 4 heteroatoms. The van der Waals surface area contributed by atoms with Gasteiger partial charge in [0.1, 0.15) is 0 Å². The number of fused-ring (bicyclic) bond motifs is 1. The molecule has 1 amide bonds. The molecule has 1 aromatic heterocycles. The topological polar surface area (TPSA) is 42.0 Å². The van der Waals surface area contributed by atoms with Crippen LogP contribution in [0.3, 0.4) is 0 Å². The molecule has 0 radical (unpaired) electrons. The third-order valence-electron chi connectivity index (χ3n) is 1.99. The first-order valence-corrected chi connectivity index (χ1v) is 5.70. The van der Waals surface area contributed by atoms with E-state index in [2.05, 4.69) is 22.1 Å². The summed E-state index contributed by atoms with van der Waals surface area (Å²) < 4.78 is 1.13. The van der Waals surface area contributed by atoms with Gasteiger partial charge in [-0.2, -0.15) is 0 Å². The summed E-state index contributed by atoms with van der Waals surface area (Å²) in [4.78, 5) is 14.8. The Morgan fingerprint density at radius 1 is 1.56 bits per heavy atom. The molecule has 80 valence electrons. The highest BCUT2D eigenvalue weighted by Gasteiger charge is 1.95. The number of carbonyl (C=O) groups excluding carboxylic acids is 1. The number of thiazole rings is 1. The predicted octanol–water partition coefficient (Wildman–Crippen LogP) is 1.78. The lowest BCUT2D eigenvalue weighted by Gasteiger charge is -1.92. The average Bonchev–Trinajstić information content (AvgIpc) is 2.71. The minimum atomic E-state index is -0.0628. The van der Waals surface area contributed by atoms with Crippen molar-refractivity contribution in [1.29, 1.82) is 0 Å². The van der Waals surface area contributed by atoms with Gasteiger partial charge in [0.15, 0.2) is 0 Å². The smallest absolute Gasteiger partial charge is 0.217 e. The summed E-state index contributed by atoms with van der Waals surface area (Å²) in [6, 6.07) is 5.89. The van der Waals surface area contributed by atoms with Crippen molar-refractivity contribution in [3.8, 4) is 11.8 Å². The first-order chi connectivity index (χ1) is 7.75. The van der Waals surface area contributed by atoms with Crippen LogP contribution in [0.5, 0.6) is 0 Å². The third kappa shape index (κ3) is 2.59. The van der Waals surface area contributed by atoms with Gasteiger partial charge in [-0.3, -0.25) is 4.79 Å². The quantitative estimate of drug-likeness (QED) is 0.759. The van der Waals surface area contributed by atoms with Gasteiger partial charge in [0.25, 0.3) is 0 Å². The lowest BCUT2D eigenvalue weighted by Crippen LogP contribution is -2.19. The molecule has 0 aliphatic carbocycles. The molecule has 0 saturated carbocycles. The van der Waals surface area contributed by atoms with Gasteiger partial charge in [-0.1, -0.05) is 11.8 Å². The summed E-state index contributed by atoms with van der Waals surface area (Å²) in [6.45, 7) is 1.86. The third-order valence-corrected chi connectivity index (χ3v) is 2.78. The second-order valence-corrected chi connectivity index (χ2v) is 4.13. The standard InChI is InChI=1S/C12H10N2OS/c1-9(15)13-6-2-3-10-4-5-11-12(7-10)16-8-14-11/h4-5,7-8H,6H2,1H3,(H,13,15). The van der Waals surface area contributed by atoms with Gasteiger partial charge in [-0.05, 0) is 18.2 Å². The van der Waals surface area contributed by atoms with Crippen molar-refractivity contribution in [2.75, 3.05) is 6.54 Å². The highest BCUT2D eigenvalue weighted by atomic mass is 32.1. The first kappa shape index (κ1) is 10.7. The van der Waals surface area contributed by atoms with Crippen molar-refractivity contribution >= 4 is 27.5 Å². The Morgan fingerprint density at radius 3 is 3.25 bits per heavy atom. The molecule has 16 heavy (non-hydrogen) atoms. The van der Waals surface area contributed by atoms with E-state index in [-0.39, 0.29) is 5.91 Å². The molecule has 1 N–H and O–H groups in total. The van der Waals surface area contributed by atoms with Crippen molar-refractivity contribution in [1.82, 2.24) is 10.3 Å². The summed E-state index contributed by atoms with van der Waals surface area (Å²) in [7, 11) is 0. The highest BCUT2D eigenvalue weighted by molar-refractivity contribution is 7.16. The molecule has 1 heterocycles. The Morgan fingerprint density at radius 2 is 2.44 bits per heavy atom. The van der Waals surface area contributed by atoms with Crippen molar-refractivity contribution < 1.29 is 4.79 Å². The monoisotopic (exact) mass is 230 g/mol. The molecule has 0 aliphatic heterocycles. The van der Waals surface area contributed by atoms with Crippen molar-refractivity contribution in [3.63, 3.8) is 0 Å². The number of hydrogen-bond donors (Lipinski definition) is 1. The van der Waals surface area contributed by atoms with Gasteiger partial charge in [0.05, 0.1) is 22.3 Å². The highest BCUT2D eigenvalue weighted by Crippen LogP contribution is 2.18. The fourth-order valence-corrected chi connectivity index (χ4v) is 1.96. The molecule has 1 aromatic carbocycles. The van der Waals surface area contributed by atoms with Crippen LogP contribution in [0.4, 0.5) is 0 Å². The van der Waals surface area contributed by atoms with Crippen LogP contribution in [-0.2, 0) is 4.79 Å². The van der Waals surface area contributed by atoms with Crippen LogP contribution in [0.25, 0.3) is 10.2 Å². The van der Waals surface area contributed by atoms with Crippen molar-refractivity contribution in [2.45, 2.75) is 6.92 Å². The fourth-order valence-electron chi connectivity index (χ4n) is 1.25. The van der Waals surface area contributed by atoms with Crippen molar-refractivity contribution in [2.24, 2.45) is 0 Å². The number of nitrogens with zero attached hydrogens (tertiary/aromatic N) is 1. The van der Waals surface area contributed by atoms with E-state index < -0.39 is 0 Å². The van der Waals surface area contributed by atoms with Crippen molar-refractivity contribution in [3.05, 3.63) is 29.3 Å². The van der Waals surface area contributed by atoms with Gasteiger partial charge < -0.3 is 5.32 Å². The molecule has 0 aliphatic rings. The normalized spacial score (nSPS) is 9.56. The minimum Gasteiger partial charge on any atom is -0.345 e. The lowest BCUT2D eigenvalue weighted by molar-refractivity contribution is -0.118. The van der Waals surface area contributed by atoms with E-state index in [0.29, 0.717) is 6.54 Å². The van der Waals surface area contributed by atoms with Crippen LogP contribution in [0.15, 0.2) is 23.7 Å². The molecular formula is C12H10N2OS. The van der Waals surface area contributed by atoms with Crippen LogP contribution in [0, 0.1) is 11.8 Å². The summed E-state index contributed by atoms with van der Waals surface area (Å²) in [6.07, 6.45) is 0. The van der Waals surface area contributed by atoms with E-state index in [1.54, 1.807) is 11.3 Å². The summed E-state index contributed by atoms with van der Waals surface area (Å²) in [5.74, 6) is 5.83. The van der Waals surface area contributed by atoms with Gasteiger partial charge >= 0.3 is 0 Å². The maximum atomic E-state index is 10.6. The molecule has 0 unspecified atom stereocenters. The maximum absolute atomic E-state index is 10.6. The van der Waals surface area contributed by atoms with E-state index in [1.807, 2.05) is 23.7 Å². The van der Waals surface area contributed by atoms with E-state index >= 15 is 0 Å². The van der Waals surface area contributed by atoms with Gasteiger partial charge in [0, 0.05) is 12.5 Å². The van der Waals surface area contributed by atoms with Crippen LogP contribution >= 0.6 is 11.3 Å². The summed E-state index contributed by atoms with van der Waals surface area (Å²) in [5, 5.41) is 2.63. The Labute approximate surface area is 97.5 Å². The largest absolute Gasteiger partial charge is 0.345 e. The zero-order valence-electron chi connectivity index (χ0n) is 8.78. The zero-order chi connectivity index (χ0) is 11.4. The number of benzene rings is 1. The molecule has 3 nitrogen and oxygen atoms in total. The number of hydrogen-bond acceptors (Lipinski definition) is 3. The van der Waals surface area contributed by atoms with Crippen LogP contribution in [-0.4, -0.2) is 17.4 Å². The number of carbonyl (C=O) groups is 1. The minimum absolute atomic E-state index is 0.0628. The second kappa shape index (κ2) is 4.77. The number of rotatable bonds is 1. The molecule has 2 aromatic rings. The maximum Gasteiger partial charge on any atom is 0.217 e. The van der Waals surface area contributed by atoms with E-state index in [0.717, 1.165) is 15.8 Å². The molecule has 2 rings (SSSR count). The molecule has 0 bridgehead atoms. The number of aromatic nitrogens is 1. The number of nitrogens with one attached hydrogen (secondary N) is 1. The van der Waals surface area contributed by atoms with Crippen LogP contribution < -0.4 is 5.32 Å². The summed E-state index contributed by atoms with van der Waals surface area (Å²) in [5.41, 5.74) is 3.76. The van der Waals surface area contributed by atoms with E-state index in [4.69, 9.17) is 0 Å². The van der Waals surface area contributed by atoms with Gasteiger partial charge in [0.2, 0.25) is 5.91 Å². The Balaban J connectivity index is 2.11. The Bertz CT molecular complexity index is 577. The average molecular weight is 230 g/mol. The molecule has 0 fully saturated rings. The summed E-state index contributed by atoms with van der Waals surface area (Å²) >= 11 is 1.60. The molecule has 0 spiro atoms. The molecule has 0 atom stereocenters. The van der Waals surface area contributed by atoms with Crippen LogP contribution in [0.2, 0.25) is 0 Å². The van der Waals surface area contributed by atoms with Crippen LogP contribution in [0.1, 0.15) is 12.5 Å². The zero-order valence-corrected chi connectivity index (χ0v) is 9.60. The second-order valence-electron chi connectivity index (χ2n) is 3.25. The number of amides is 1. The SMILES string of the molecule is CC(=O)NCC#Cc1ccc2ncsc2c1. The molecular weight excluding hydrogens is 220 g/mol. The Hall–Kier alpha value is -1.86. The Kier molecular flexibility index (Phi) is 3.18. The van der Waals surface area contributed by atoms with E-state index in [9.17, 15) is 4.79 Å². The molecule has 0 saturated heterocycles. The van der Waals surface area contributed by atoms with Gasteiger partial charge in [-0.25, -0.2) is 4.98 Å².